The first-order valence-electron chi connectivity index (χ1n) is 3.68. The Hall–Kier alpha value is -0.410. The van der Waals surface area contributed by atoms with E-state index in [4.69, 9.17) is 15.3 Å². The molecule has 9 heteroatoms. The van der Waals surface area contributed by atoms with Crippen molar-refractivity contribution < 1.29 is 39.9 Å². The molecule has 88 valence electrons. The van der Waals surface area contributed by atoms with Gasteiger partial charge in [-0.3, -0.25) is 0 Å². The summed E-state index contributed by atoms with van der Waals surface area (Å²) >= 11 is 0. The third kappa shape index (κ3) is 16.0. The van der Waals surface area contributed by atoms with Crippen LogP contribution in [-0.4, -0.2) is 83.2 Å². The molecule has 0 rings (SSSR count). The molecule has 0 aromatic rings. The molecule has 0 bridgehead atoms. The fourth-order valence-corrected chi connectivity index (χ4v) is 0.241. The molecule has 0 aliphatic carbocycles. The van der Waals surface area contributed by atoms with Crippen LogP contribution in [0.3, 0.4) is 0 Å². The minimum atomic E-state index is -1.96. The molecule has 0 spiro atoms. The van der Waals surface area contributed by atoms with Crippen molar-refractivity contribution in [3.8, 4) is 0 Å². The first kappa shape index (κ1) is 20.9. The van der Waals surface area contributed by atoms with Crippen LogP contribution in [0.15, 0.2) is 0 Å². The van der Waals surface area contributed by atoms with E-state index in [0.717, 1.165) is 0 Å². The Balaban J connectivity index is -0.000000214. The number of rotatable bonds is 4. The van der Waals surface area contributed by atoms with E-state index < -0.39 is 36.5 Å². The van der Waals surface area contributed by atoms with E-state index in [-0.39, 0.29) is 37.7 Å². The third-order valence-corrected chi connectivity index (χ3v) is 0.989. The Labute approximate surface area is 121 Å². The normalized spacial score (nSPS) is 12.2. The molecule has 16 heavy (non-hydrogen) atoms. The number of hydrogen-bond donors (Lipinski definition) is 3. The maximum Gasteiger partial charge on any atom is 2.00 e. The van der Waals surface area contributed by atoms with Gasteiger partial charge < -0.3 is 35.1 Å². The quantitative estimate of drug-likeness (QED) is 0.426. The summed E-state index contributed by atoms with van der Waals surface area (Å²) in [6, 6.07) is 0. The Morgan fingerprint density at radius 2 is 1.50 bits per heavy atom. The molecule has 0 aromatic carbocycles. The van der Waals surface area contributed by atoms with Gasteiger partial charge in [0.25, 0.3) is 0 Å². The molecule has 0 radical (unpaired) electrons. The van der Waals surface area contributed by atoms with E-state index in [0.29, 0.717) is 0 Å². The number of aliphatic hydroxyl groups excluding tert-OH is 2. The minimum Gasteiger partial charge on any atom is -0.550 e. The average molecular weight is 262 g/mol. The van der Waals surface area contributed by atoms with E-state index in [1.54, 1.807) is 0 Å². The first-order chi connectivity index (χ1) is 6.68. The van der Waals surface area contributed by atoms with Crippen molar-refractivity contribution in [2.24, 2.45) is 0 Å². The first-order valence-corrected chi connectivity index (χ1v) is 3.68. The largest absolute Gasteiger partial charge is 2.00 e. The van der Waals surface area contributed by atoms with Gasteiger partial charge in [-0.25, -0.2) is 4.79 Å². The topological polar surface area (TPSA) is 158 Å². The van der Waals surface area contributed by atoms with Gasteiger partial charge in [0.15, 0.2) is 0 Å². The molecule has 0 saturated heterocycles. The van der Waals surface area contributed by atoms with Crippen molar-refractivity contribution in [3.05, 3.63) is 0 Å². The van der Waals surface area contributed by atoms with Crippen LogP contribution < -0.4 is 10.2 Å². The van der Waals surface area contributed by atoms with Crippen molar-refractivity contribution in [2.75, 3.05) is 0 Å². The molecule has 0 heterocycles. The number of carboxylic acid groups (broad SMARTS) is 3. The van der Waals surface area contributed by atoms with Crippen molar-refractivity contribution in [3.63, 3.8) is 0 Å². The fraction of sp³-hybridized carbons (Fsp3) is 0.571. The van der Waals surface area contributed by atoms with Crippen LogP contribution in [0.25, 0.3) is 0 Å². The molecule has 0 amide bonds. The Kier molecular flexibility index (Phi) is 14.5. The SMILES string of the molecule is CC(O)C(=O)O.O=C([O-])CC(O)C(=O)[O-].[Ca+2]. The van der Waals surface area contributed by atoms with Gasteiger partial charge in [0.05, 0.1) is 12.1 Å². The molecule has 2 atom stereocenters. The number of carboxylic acids is 3. The minimum absolute atomic E-state index is 0. The van der Waals surface area contributed by atoms with E-state index in [1.807, 2.05) is 0 Å². The number of aliphatic carboxylic acids is 3. The second kappa shape index (κ2) is 11.1. The predicted molar refractivity (Wildman–Crippen MR) is 45.7 cm³/mol. The van der Waals surface area contributed by atoms with Gasteiger partial charge in [-0.1, -0.05) is 0 Å². The summed E-state index contributed by atoms with van der Waals surface area (Å²) in [7, 11) is 0. The molecule has 0 aliphatic heterocycles. The molecule has 0 saturated carbocycles. The second-order valence-electron chi connectivity index (χ2n) is 2.43. The smallest absolute Gasteiger partial charge is 0.550 e. The van der Waals surface area contributed by atoms with E-state index in [9.17, 15) is 24.6 Å². The fourth-order valence-electron chi connectivity index (χ4n) is 0.241. The van der Waals surface area contributed by atoms with E-state index in [1.165, 1.54) is 6.92 Å². The summed E-state index contributed by atoms with van der Waals surface area (Å²) in [4.78, 5) is 28.6. The molecule has 3 N–H and O–H groups in total. The Morgan fingerprint density at radius 1 is 1.19 bits per heavy atom. The predicted octanol–water partition coefficient (Wildman–Crippen LogP) is -4.69. The monoisotopic (exact) mass is 262 g/mol. The molecule has 2 unspecified atom stereocenters. The number of carbonyl (C=O) groups excluding carboxylic acids is 2. The van der Waals surface area contributed by atoms with Gasteiger partial charge in [-0.15, -0.1) is 0 Å². The van der Waals surface area contributed by atoms with Gasteiger partial charge in [-0.2, -0.15) is 0 Å². The second-order valence-corrected chi connectivity index (χ2v) is 2.43. The number of aliphatic hydroxyl groups is 2. The molecular weight excluding hydrogens is 252 g/mol. The van der Waals surface area contributed by atoms with Gasteiger partial charge in [0, 0.05) is 12.4 Å². The Bertz CT molecular complexity index is 239. The summed E-state index contributed by atoms with van der Waals surface area (Å²) in [6.07, 6.45) is -4.12. The molecule has 0 aliphatic rings. The molecule has 0 fully saturated rings. The average Bonchev–Trinajstić information content (AvgIpc) is 2.03. The zero-order valence-corrected chi connectivity index (χ0v) is 10.7. The van der Waals surface area contributed by atoms with Gasteiger partial charge in [0.2, 0.25) is 0 Å². The van der Waals surface area contributed by atoms with Gasteiger partial charge >= 0.3 is 43.7 Å². The molecule has 0 aromatic heterocycles. The van der Waals surface area contributed by atoms with Crippen LogP contribution in [-0.2, 0) is 14.4 Å². The maximum absolute atomic E-state index is 9.58. The van der Waals surface area contributed by atoms with E-state index >= 15 is 0 Å². The van der Waals surface area contributed by atoms with Crippen molar-refractivity contribution in [1.82, 2.24) is 0 Å². The van der Waals surface area contributed by atoms with Crippen LogP contribution in [0.5, 0.6) is 0 Å². The third-order valence-electron chi connectivity index (χ3n) is 0.989. The van der Waals surface area contributed by atoms with Crippen molar-refractivity contribution in [1.29, 1.82) is 0 Å². The summed E-state index contributed by atoms with van der Waals surface area (Å²) in [5, 5.41) is 43.1. The van der Waals surface area contributed by atoms with Crippen LogP contribution in [0, 0.1) is 0 Å². The molecule has 8 nitrogen and oxygen atoms in total. The summed E-state index contributed by atoms with van der Waals surface area (Å²) in [6.45, 7) is 1.20. The molecular formula is C7H10CaO8. The van der Waals surface area contributed by atoms with Gasteiger partial charge in [0.1, 0.15) is 6.10 Å². The van der Waals surface area contributed by atoms with Crippen LogP contribution in [0.1, 0.15) is 13.3 Å². The number of carbonyl (C=O) groups is 3. The summed E-state index contributed by atoms with van der Waals surface area (Å²) < 4.78 is 0. The Morgan fingerprint density at radius 3 is 1.56 bits per heavy atom. The van der Waals surface area contributed by atoms with E-state index in [2.05, 4.69) is 0 Å². The van der Waals surface area contributed by atoms with Crippen molar-refractivity contribution >= 4 is 55.6 Å². The maximum atomic E-state index is 9.58. The summed E-state index contributed by atoms with van der Waals surface area (Å²) in [5.41, 5.74) is 0. The zero-order valence-electron chi connectivity index (χ0n) is 8.45. The van der Waals surface area contributed by atoms with Crippen LogP contribution in [0.2, 0.25) is 0 Å². The standard InChI is InChI=1S/C4H6O5.C3H6O3.Ca/c5-2(4(8)9)1-3(6)7;1-2(4)3(5)6;/h2,5H,1H2,(H,6,7)(H,8,9);2,4H,1H3,(H,5,6);/q;;+2/p-2. The zero-order chi connectivity index (χ0) is 12.6. The van der Waals surface area contributed by atoms with Crippen LogP contribution in [0.4, 0.5) is 0 Å². The summed E-state index contributed by atoms with van der Waals surface area (Å²) in [5.74, 6) is -4.61. The van der Waals surface area contributed by atoms with Gasteiger partial charge in [-0.05, 0) is 6.92 Å². The van der Waals surface area contributed by atoms with Crippen LogP contribution >= 0.6 is 0 Å². The van der Waals surface area contributed by atoms with Crippen molar-refractivity contribution in [2.45, 2.75) is 25.6 Å². The number of hydrogen-bond acceptors (Lipinski definition) is 7.